The molecule has 1 aliphatic heterocycles. The number of fused-ring (bicyclic) bond motifs is 1. The zero-order chi connectivity index (χ0) is 19.8. The topological polar surface area (TPSA) is 92.5 Å². The summed E-state index contributed by atoms with van der Waals surface area (Å²) in [5, 5.41) is 8.58. The Balaban J connectivity index is 2.15. The number of hydrogen-bond donors (Lipinski definition) is 2. The first-order valence-electron chi connectivity index (χ1n) is 8.76. The molecule has 0 aromatic heterocycles. The van der Waals surface area contributed by atoms with Crippen molar-refractivity contribution in [3.8, 4) is 0 Å². The van der Waals surface area contributed by atoms with E-state index in [9.17, 15) is 13.2 Å². The second-order valence-corrected chi connectivity index (χ2v) is 8.57. The van der Waals surface area contributed by atoms with Gasteiger partial charge in [-0.25, -0.2) is 13.6 Å². The summed E-state index contributed by atoms with van der Waals surface area (Å²) in [6, 6.07) is 10.3. The van der Waals surface area contributed by atoms with E-state index in [0.29, 0.717) is 5.69 Å². The van der Waals surface area contributed by atoms with Crippen molar-refractivity contribution in [2.45, 2.75) is 44.2 Å². The Morgan fingerprint density at radius 3 is 2.59 bits per heavy atom. The Labute approximate surface area is 164 Å². The van der Waals surface area contributed by atoms with Gasteiger partial charge in [-0.05, 0) is 43.5 Å². The summed E-state index contributed by atoms with van der Waals surface area (Å²) >= 11 is 6.10. The van der Waals surface area contributed by atoms with Crippen molar-refractivity contribution in [2.24, 2.45) is 5.14 Å². The third kappa shape index (κ3) is 3.81. The number of rotatable bonds is 5. The second kappa shape index (κ2) is 7.50. The monoisotopic (exact) mass is 407 g/mol. The van der Waals surface area contributed by atoms with Gasteiger partial charge < -0.3 is 5.32 Å². The minimum atomic E-state index is -4.04. The lowest BCUT2D eigenvalue weighted by Crippen LogP contribution is -2.49. The number of aryl methyl sites for hydroxylation is 1. The summed E-state index contributed by atoms with van der Waals surface area (Å²) in [6.45, 7) is 4.03. The van der Waals surface area contributed by atoms with Gasteiger partial charge in [0.2, 0.25) is 10.0 Å². The number of nitrogens with two attached hydrogens (primary N) is 1. The molecule has 0 saturated carbocycles. The van der Waals surface area contributed by atoms with Gasteiger partial charge in [-0.1, -0.05) is 43.1 Å². The number of carbonyl (C=O) groups is 1. The number of benzene rings is 2. The number of halogens is 1. The van der Waals surface area contributed by atoms with E-state index in [1.165, 1.54) is 12.1 Å². The summed E-state index contributed by atoms with van der Waals surface area (Å²) in [6.07, 6.45) is 2.43. The molecule has 0 saturated heterocycles. The average molecular weight is 408 g/mol. The van der Waals surface area contributed by atoms with Crippen molar-refractivity contribution in [3.05, 3.63) is 52.5 Å². The number of sulfonamides is 1. The minimum absolute atomic E-state index is 0.00451. The van der Waals surface area contributed by atoms with Gasteiger partial charge in [0.05, 0.1) is 16.3 Å². The lowest BCUT2D eigenvalue weighted by Gasteiger charge is -2.39. The van der Waals surface area contributed by atoms with Crippen LogP contribution in [-0.2, 0) is 10.0 Å². The highest BCUT2D eigenvalue weighted by Gasteiger charge is 2.35. The highest BCUT2D eigenvalue weighted by Crippen LogP contribution is 2.36. The van der Waals surface area contributed by atoms with E-state index in [1.54, 1.807) is 4.90 Å². The Morgan fingerprint density at radius 1 is 1.26 bits per heavy atom. The number of nitrogens with one attached hydrogen (secondary N) is 1. The van der Waals surface area contributed by atoms with Gasteiger partial charge in [-0.2, -0.15) is 0 Å². The summed E-state index contributed by atoms with van der Waals surface area (Å²) in [7, 11) is -4.04. The van der Waals surface area contributed by atoms with Crippen LogP contribution in [0.3, 0.4) is 0 Å². The van der Waals surface area contributed by atoms with Gasteiger partial charge in [0.25, 0.3) is 5.91 Å². The molecule has 3 rings (SSSR count). The molecule has 0 bridgehead atoms. The molecule has 8 heteroatoms. The Bertz CT molecular complexity index is 992. The molecule has 1 amide bonds. The number of nitrogens with zero attached hydrogens (tertiary/aromatic N) is 1. The first kappa shape index (κ1) is 19.7. The fraction of sp³-hybridized carbons (Fsp3) is 0.316. The molecule has 1 atom stereocenters. The molecule has 1 unspecified atom stereocenters. The van der Waals surface area contributed by atoms with Crippen LogP contribution in [-0.4, -0.2) is 20.5 Å². The second-order valence-electron chi connectivity index (χ2n) is 6.64. The molecule has 1 aliphatic rings. The molecule has 3 N–H and O–H groups in total. The zero-order valence-corrected chi connectivity index (χ0v) is 16.8. The normalized spacial score (nSPS) is 16.8. The lowest BCUT2D eigenvalue weighted by atomic mass is 10.0. The van der Waals surface area contributed by atoms with E-state index >= 15 is 0 Å². The summed E-state index contributed by atoms with van der Waals surface area (Å²) < 4.78 is 23.6. The number of unbranched alkanes of at least 4 members (excludes halogenated alkanes) is 1. The van der Waals surface area contributed by atoms with Crippen LogP contribution in [0.15, 0.2) is 41.3 Å². The number of para-hydroxylation sites is 1. The minimum Gasteiger partial charge on any atom is -0.364 e. The number of anilines is 2. The molecule has 27 heavy (non-hydrogen) atoms. The Morgan fingerprint density at radius 2 is 1.96 bits per heavy atom. The molecule has 0 fully saturated rings. The fourth-order valence-electron chi connectivity index (χ4n) is 3.29. The van der Waals surface area contributed by atoms with E-state index in [-0.39, 0.29) is 27.6 Å². The molecule has 0 radical (unpaired) electrons. The highest BCUT2D eigenvalue weighted by molar-refractivity contribution is 7.89. The van der Waals surface area contributed by atoms with Crippen molar-refractivity contribution in [3.63, 3.8) is 0 Å². The molecular formula is C19H22ClN3O3S. The highest BCUT2D eigenvalue weighted by atomic mass is 35.5. The SMILES string of the molecule is CCCCC1Nc2cc(Cl)c(S(N)(=O)=O)cc2C(=O)N1c1ccccc1C. The Kier molecular flexibility index (Phi) is 5.46. The van der Waals surface area contributed by atoms with Crippen LogP contribution in [0.4, 0.5) is 11.4 Å². The average Bonchev–Trinajstić information content (AvgIpc) is 2.59. The molecule has 144 valence electrons. The zero-order valence-electron chi connectivity index (χ0n) is 15.2. The van der Waals surface area contributed by atoms with E-state index < -0.39 is 10.0 Å². The maximum Gasteiger partial charge on any atom is 0.262 e. The van der Waals surface area contributed by atoms with Crippen LogP contribution >= 0.6 is 11.6 Å². The van der Waals surface area contributed by atoms with Crippen LogP contribution in [0.1, 0.15) is 42.1 Å². The maximum atomic E-state index is 13.3. The van der Waals surface area contributed by atoms with Crippen molar-refractivity contribution < 1.29 is 13.2 Å². The summed E-state index contributed by atoms with van der Waals surface area (Å²) in [5.74, 6) is -0.277. The van der Waals surface area contributed by atoms with Gasteiger partial charge in [0.15, 0.2) is 0 Å². The van der Waals surface area contributed by atoms with Gasteiger partial charge >= 0.3 is 0 Å². The van der Waals surface area contributed by atoms with Crippen LogP contribution in [0.5, 0.6) is 0 Å². The smallest absolute Gasteiger partial charge is 0.262 e. The number of amides is 1. The van der Waals surface area contributed by atoms with Gasteiger partial charge in [0.1, 0.15) is 11.1 Å². The number of carbonyl (C=O) groups excluding carboxylic acids is 1. The summed E-state index contributed by atoms with van der Waals surface area (Å²) in [5.41, 5.74) is 2.50. The quantitative estimate of drug-likeness (QED) is 0.786. The lowest BCUT2D eigenvalue weighted by molar-refractivity contribution is 0.0973. The molecule has 2 aromatic rings. The first-order chi connectivity index (χ1) is 12.7. The predicted molar refractivity (Wildman–Crippen MR) is 108 cm³/mol. The van der Waals surface area contributed by atoms with Crippen molar-refractivity contribution in [1.82, 2.24) is 0 Å². The molecule has 1 heterocycles. The molecule has 6 nitrogen and oxygen atoms in total. The van der Waals surface area contributed by atoms with Gasteiger partial charge in [0, 0.05) is 5.69 Å². The van der Waals surface area contributed by atoms with Crippen LogP contribution in [0.25, 0.3) is 0 Å². The van der Waals surface area contributed by atoms with E-state index in [2.05, 4.69) is 12.2 Å². The van der Waals surface area contributed by atoms with E-state index in [4.69, 9.17) is 16.7 Å². The number of hydrogen-bond acceptors (Lipinski definition) is 4. The van der Waals surface area contributed by atoms with Gasteiger partial charge in [-0.3, -0.25) is 9.69 Å². The van der Waals surface area contributed by atoms with Crippen molar-refractivity contribution in [2.75, 3.05) is 10.2 Å². The standard InChI is InChI=1S/C19H22ClN3O3S/c1-3-4-9-18-22-15-11-14(20)17(27(21,25)26)10-13(15)19(24)23(18)16-8-6-5-7-12(16)2/h5-8,10-11,18,22H,3-4,9H2,1-2H3,(H2,21,25,26). The van der Waals surface area contributed by atoms with Crippen LogP contribution in [0, 0.1) is 6.92 Å². The third-order valence-corrected chi connectivity index (χ3v) is 6.04. The number of primary sulfonamides is 1. The first-order valence-corrected chi connectivity index (χ1v) is 10.7. The fourth-order valence-corrected chi connectivity index (χ4v) is 4.39. The van der Waals surface area contributed by atoms with E-state index in [1.807, 2.05) is 31.2 Å². The predicted octanol–water partition coefficient (Wildman–Crippen LogP) is 3.88. The summed E-state index contributed by atoms with van der Waals surface area (Å²) in [4.78, 5) is 14.8. The van der Waals surface area contributed by atoms with Crippen LogP contribution in [0.2, 0.25) is 5.02 Å². The largest absolute Gasteiger partial charge is 0.364 e. The molecule has 2 aromatic carbocycles. The maximum absolute atomic E-state index is 13.3. The van der Waals surface area contributed by atoms with Crippen molar-refractivity contribution >= 4 is 38.9 Å². The van der Waals surface area contributed by atoms with Crippen LogP contribution < -0.4 is 15.4 Å². The third-order valence-electron chi connectivity index (χ3n) is 4.67. The molecule has 0 aliphatic carbocycles. The molecule has 0 spiro atoms. The Hall–Kier alpha value is -2.09. The van der Waals surface area contributed by atoms with E-state index in [0.717, 1.165) is 30.5 Å². The molecular weight excluding hydrogens is 386 g/mol. The van der Waals surface area contributed by atoms with Crippen molar-refractivity contribution in [1.29, 1.82) is 0 Å². The van der Waals surface area contributed by atoms with Gasteiger partial charge in [-0.15, -0.1) is 0 Å².